The first kappa shape index (κ1) is 45.9. The Morgan fingerprint density at radius 3 is 1.18 bits per heavy atom. The molecule has 0 spiro atoms. The molecule has 2 N–H and O–H groups in total. The van der Waals surface area contributed by atoms with Gasteiger partial charge in [-0.1, -0.05) is 19.3 Å². The molecule has 0 rings (SSSR count). The molecule has 272 valence electrons. The summed E-state index contributed by atoms with van der Waals surface area (Å²) in [6.45, 7) is 32.8. The molecule has 0 aromatic heterocycles. The largest absolute Gasteiger partial charge is 0.476 e. The molecule has 15 heteroatoms. The van der Waals surface area contributed by atoms with Crippen LogP contribution < -0.4 is 0 Å². The van der Waals surface area contributed by atoms with Gasteiger partial charge in [-0.15, -0.1) is 0 Å². The lowest BCUT2D eigenvalue weighted by molar-refractivity contribution is -0.0776. The molecule has 0 saturated carbocycles. The van der Waals surface area contributed by atoms with Crippen molar-refractivity contribution >= 4 is 50.6 Å². The summed E-state index contributed by atoms with van der Waals surface area (Å²) in [6, 6.07) is 1.03. The van der Waals surface area contributed by atoms with E-state index < -0.39 is 56.0 Å². The van der Waals surface area contributed by atoms with Gasteiger partial charge in [-0.2, -0.15) is 0 Å². The zero-order valence-corrected chi connectivity index (χ0v) is 37.9. The van der Waals surface area contributed by atoms with E-state index >= 15 is 0 Å². The second-order valence-corrected chi connectivity index (χ2v) is 41.8. The maximum Gasteiger partial charge on any atom is 0.476 e. The van der Waals surface area contributed by atoms with Crippen LogP contribution in [-0.2, 0) is 30.4 Å². The number of aliphatic hydroxyl groups is 2. The summed E-state index contributed by atoms with van der Waals surface area (Å²) in [4.78, 5) is 0. The summed E-state index contributed by atoms with van der Waals surface area (Å²) in [5.74, 6) is 0. The predicted octanol–water partition coefficient (Wildman–Crippen LogP) is 7.78. The van der Waals surface area contributed by atoms with Crippen molar-refractivity contribution in [3.05, 3.63) is 0 Å². The van der Waals surface area contributed by atoms with Crippen molar-refractivity contribution in [2.75, 3.05) is 46.2 Å². The lowest BCUT2D eigenvalue weighted by Gasteiger charge is -2.38. The summed E-state index contributed by atoms with van der Waals surface area (Å²) < 4.78 is 44.0. The van der Waals surface area contributed by atoms with Crippen LogP contribution in [0.4, 0.5) is 0 Å². The number of hydrogen-bond acceptors (Lipinski definition) is 9. The van der Waals surface area contributed by atoms with E-state index in [9.17, 15) is 10.2 Å². The number of ether oxygens (including phenoxy) is 2. The average molecular weight is 747 g/mol. The third kappa shape index (κ3) is 25.6. The van der Waals surface area contributed by atoms with E-state index in [2.05, 4.69) is 85.1 Å². The number of aliphatic hydroxyl groups excluding tert-OH is 2. The zero-order chi connectivity index (χ0) is 35.1. The Bertz CT molecular complexity index is 684. The van der Waals surface area contributed by atoms with E-state index in [4.69, 9.17) is 30.4 Å². The van der Waals surface area contributed by atoms with Crippen LogP contribution >= 0.6 is 0 Å². The third-order valence-corrected chi connectivity index (χ3v) is 24.7. The molecule has 0 aliphatic rings. The van der Waals surface area contributed by atoms with Gasteiger partial charge < -0.3 is 40.6 Å². The molecule has 9 nitrogen and oxygen atoms in total. The summed E-state index contributed by atoms with van der Waals surface area (Å²) >= 11 is 0. The molecule has 0 saturated heterocycles. The fourth-order valence-electron chi connectivity index (χ4n) is 5.21. The Morgan fingerprint density at radius 1 is 0.444 bits per heavy atom. The maximum absolute atomic E-state index is 10.0. The van der Waals surface area contributed by atoms with Crippen LogP contribution in [0, 0.1) is 5.41 Å². The monoisotopic (exact) mass is 746 g/mol. The van der Waals surface area contributed by atoms with Crippen molar-refractivity contribution in [2.45, 2.75) is 143 Å². The van der Waals surface area contributed by atoms with E-state index in [-0.39, 0.29) is 26.4 Å². The molecule has 0 aliphatic heterocycles. The van der Waals surface area contributed by atoms with E-state index in [0.29, 0.717) is 19.8 Å². The van der Waals surface area contributed by atoms with Crippen LogP contribution in [-0.4, -0.2) is 107 Å². The van der Waals surface area contributed by atoms with Gasteiger partial charge in [0.15, 0.2) is 33.3 Å². The first-order valence-corrected chi connectivity index (χ1v) is 35.6. The van der Waals surface area contributed by atoms with Crippen molar-refractivity contribution < 1.29 is 40.6 Å². The van der Waals surface area contributed by atoms with E-state index in [1.165, 1.54) is 0 Å². The fourth-order valence-corrected chi connectivity index (χ4v) is 28.2. The van der Waals surface area contributed by atoms with Crippen LogP contribution in [0.5, 0.6) is 0 Å². The topological polar surface area (TPSA) is 105 Å². The Kier molecular flexibility index (Phi) is 21.0. The molecule has 0 atom stereocenters. The Hall–Kier alpha value is 0.941. The van der Waals surface area contributed by atoms with Gasteiger partial charge in [-0.05, 0) is 117 Å². The first-order valence-electron chi connectivity index (χ1n) is 17.2. The molecular formula is C30H74O9Si6. The molecule has 0 unspecified atom stereocenters. The molecular weight excluding hydrogens is 673 g/mol. The van der Waals surface area contributed by atoms with Gasteiger partial charge in [0.2, 0.25) is 0 Å². The van der Waals surface area contributed by atoms with Gasteiger partial charge in [0, 0.05) is 26.4 Å². The van der Waals surface area contributed by atoms with Crippen molar-refractivity contribution in [1.82, 2.24) is 0 Å². The summed E-state index contributed by atoms with van der Waals surface area (Å²) in [7, 11) is -11.7. The highest BCUT2D eigenvalue weighted by molar-refractivity contribution is 6.87. The minimum atomic E-state index is -2.66. The van der Waals surface area contributed by atoms with Gasteiger partial charge in [0.05, 0.1) is 31.8 Å². The highest BCUT2D eigenvalue weighted by Gasteiger charge is 2.43. The van der Waals surface area contributed by atoms with Gasteiger partial charge in [-0.3, -0.25) is 0 Å². The van der Waals surface area contributed by atoms with Crippen LogP contribution in [0.2, 0.25) is 97.7 Å². The SMILES string of the molecule is C[Si](C)(C)O[Si](C)(CCCCCCOCC(CO)(CO)COCCCCCO[Si](C)(O[Si](C)(C)C)O[Si](C)(C)C)O[Si](C)(C)C. The Morgan fingerprint density at radius 2 is 0.800 bits per heavy atom. The number of unbranched alkanes of at least 4 members (excludes halogenated alkanes) is 5. The molecule has 0 bridgehead atoms. The predicted molar refractivity (Wildman–Crippen MR) is 202 cm³/mol. The molecule has 0 aromatic rings. The first-order chi connectivity index (χ1) is 20.4. The number of rotatable bonds is 28. The minimum Gasteiger partial charge on any atom is -0.437 e. The number of hydrogen-bond donors (Lipinski definition) is 2. The van der Waals surface area contributed by atoms with Crippen LogP contribution in [0.3, 0.4) is 0 Å². The second-order valence-electron chi connectivity index (χ2n) is 16.8. The van der Waals surface area contributed by atoms with Crippen molar-refractivity contribution in [1.29, 1.82) is 0 Å². The molecule has 0 amide bonds. The van der Waals surface area contributed by atoms with Crippen molar-refractivity contribution in [3.8, 4) is 0 Å². The van der Waals surface area contributed by atoms with Gasteiger partial charge in [-0.25, -0.2) is 0 Å². The highest BCUT2D eigenvalue weighted by atomic mass is 28.5. The molecule has 45 heavy (non-hydrogen) atoms. The lowest BCUT2D eigenvalue weighted by Crippen LogP contribution is -2.54. The van der Waals surface area contributed by atoms with E-state index in [0.717, 1.165) is 51.0 Å². The summed E-state index contributed by atoms with van der Waals surface area (Å²) in [5.41, 5.74) is -0.783. The van der Waals surface area contributed by atoms with Crippen molar-refractivity contribution in [2.24, 2.45) is 5.41 Å². The van der Waals surface area contributed by atoms with Gasteiger partial charge >= 0.3 is 17.4 Å². The van der Waals surface area contributed by atoms with Crippen LogP contribution in [0.25, 0.3) is 0 Å². The van der Waals surface area contributed by atoms with Crippen molar-refractivity contribution in [3.63, 3.8) is 0 Å². The minimum absolute atomic E-state index is 0.174. The quantitative estimate of drug-likeness (QED) is 0.0614. The summed E-state index contributed by atoms with van der Waals surface area (Å²) in [5, 5.41) is 20.1. The fraction of sp³-hybridized carbons (Fsp3) is 1.00. The van der Waals surface area contributed by atoms with Crippen LogP contribution in [0.1, 0.15) is 44.9 Å². The third-order valence-electron chi connectivity index (χ3n) is 6.48. The Labute approximate surface area is 284 Å². The Balaban J connectivity index is 4.36. The zero-order valence-electron chi connectivity index (χ0n) is 31.9. The normalized spacial score (nSPS) is 14.4. The van der Waals surface area contributed by atoms with Crippen LogP contribution in [0.15, 0.2) is 0 Å². The maximum atomic E-state index is 10.0. The highest BCUT2D eigenvalue weighted by Crippen LogP contribution is 2.27. The summed E-state index contributed by atoms with van der Waals surface area (Å²) in [6.07, 6.45) is 7.00. The van der Waals surface area contributed by atoms with E-state index in [1.807, 2.05) is 6.55 Å². The molecule has 0 fully saturated rings. The molecule has 0 aromatic carbocycles. The van der Waals surface area contributed by atoms with E-state index in [1.54, 1.807) is 0 Å². The van der Waals surface area contributed by atoms with Gasteiger partial charge in [0.25, 0.3) is 0 Å². The smallest absolute Gasteiger partial charge is 0.437 e. The average Bonchev–Trinajstić information content (AvgIpc) is 2.81. The molecule has 0 heterocycles. The standard InChI is InChI=1S/C30H74O9Si6/c1-40(2,3)36-44(13,37-41(4,5)6)25-21-16-15-18-22-33-28-30(26-31,27-32)29-34-23-19-17-20-24-35-45(14,38-42(7,8)9)39-43(10,11)12/h31-32H,15-29H2,1-14H3. The van der Waals surface area contributed by atoms with Gasteiger partial charge in [0.1, 0.15) is 0 Å². The molecule has 0 aliphatic carbocycles. The molecule has 0 radical (unpaired) electrons. The lowest BCUT2D eigenvalue weighted by atomic mass is 9.92. The second kappa shape index (κ2) is 20.6.